The Morgan fingerprint density at radius 2 is 2.33 bits per heavy atom. The Kier molecular flexibility index (Phi) is 1.56. The monoisotopic (exact) mass is 165 g/mol. The fourth-order valence-electron chi connectivity index (χ4n) is 0.916. The molecule has 0 fully saturated rings. The van der Waals surface area contributed by atoms with E-state index in [0.717, 1.165) is 0 Å². The van der Waals surface area contributed by atoms with E-state index in [1.54, 1.807) is 24.5 Å². The largest absolute Gasteiger partial charge is 0.394 e. The minimum absolute atomic E-state index is 0.125. The summed E-state index contributed by atoms with van der Waals surface area (Å²) < 4.78 is 1.38. The Morgan fingerprint density at radius 1 is 1.42 bits per heavy atom. The Hall–Kier alpha value is -1.75. The fourth-order valence-corrected chi connectivity index (χ4v) is 0.916. The van der Waals surface area contributed by atoms with Crippen molar-refractivity contribution in [3.63, 3.8) is 0 Å². The standard InChI is InChI=1S/C7H7N3O2/c11-7-3-1-2-4-9(7)10-5-6-12-8-10/h1-6,8H. The smallest absolute Gasteiger partial charge is 0.270 e. The predicted octanol–water partition coefficient (Wildman–Crippen LogP) is -0.293. The second-order valence-corrected chi connectivity index (χ2v) is 2.22. The molecule has 0 aromatic carbocycles. The summed E-state index contributed by atoms with van der Waals surface area (Å²) >= 11 is 0. The third-order valence-corrected chi connectivity index (χ3v) is 1.45. The molecule has 0 spiro atoms. The molecule has 0 amide bonds. The number of hydrogen-bond acceptors (Lipinski definition) is 4. The van der Waals surface area contributed by atoms with Crippen molar-refractivity contribution in [1.29, 1.82) is 0 Å². The van der Waals surface area contributed by atoms with Crippen LogP contribution in [0.3, 0.4) is 0 Å². The van der Waals surface area contributed by atoms with Gasteiger partial charge in [-0.3, -0.25) is 4.79 Å². The maximum Gasteiger partial charge on any atom is 0.270 e. The lowest BCUT2D eigenvalue weighted by Gasteiger charge is -2.15. The van der Waals surface area contributed by atoms with Gasteiger partial charge in [0.15, 0.2) is 0 Å². The van der Waals surface area contributed by atoms with Crippen molar-refractivity contribution in [1.82, 2.24) is 10.3 Å². The molecule has 0 saturated carbocycles. The van der Waals surface area contributed by atoms with Crippen molar-refractivity contribution < 1.29 is 4.84 Å². The first-order valence-corrected chi connectivity index (χ1v) is 3.43. The Bertz CT molecular complexity index is 358. The highest BCUT2D eigenvalue weighted by molar-refractivity contribution is 5.02. The SMILES string of the molecule is O=c1ccccn1N1C=CON1. The van der Waals surface area contributed by atoms with Gasteiger partial charge in [0, 0.05) is 12.3 Å². The molecule has 0 unspecified atom stereocenters. The number of rotatable bonds is 1. The molecule has 0 saturated heterocycles. The van der Waals surface area contributed by atoms with Gasteiger partial charge < -0.3 is 4.84 Å². The van der Waals surface area contributed by atoms with Crippen LogP contribution in [-0.2, 0) is 4.84 Å². The average molecular weight is 165 g/mol. The number of hydrazine groups is 1. The number of hydrogen-bond donors (Lipinski definition) is 1. The molecule has 12 heavy (non-hydrogen) atoms. The van der Waals surface area contributed by atoms with Gasteiger partial charge in [0.25, 0.3) is 5.56 Å². The van der Waals surface area contributed by atoms with E-state index < -0.39 is 0 Å². The summed E-state index contributed by atoms with van der Waals surface area (Å²) in [5.74, 6) is 0. The summed E-state index contributed by atoms with van der Waals surface area (Å²) in [6, 6.07) is 4.91. The minimum Gasteiger partial charge on any atom is -0.394 e. The van der Waals surface area contributed by atoms with Crippen LogP contribution in [0, 0.1) is 0 Å². The zero-order chi connectivity index (χ0) is 8.39. The topological polar surface area (TPSA) is 46.5 Å². The molecule has 1 aliphatic heterocycles. The van der Waals surface area contributed by atoms with E-state index in [-0.39, 0.29) is 5.56 Å². The highest BCUT2D eigenvalue weighted by Gasteiger charge is 2.06. The molecule has 1 aliphatic rings. The third kappa shape index (κ3) is 1.06. The lowest BCUT2D eigenvalue weighted by Crippen LogP contribution is -2.43. The molecule has 2 rings (SSSR count). The van der Waals surface area contributed by atoms with E-state index in [0.29, 0.717) is 0 Å². The van der Waals surface area contributed by atoms with Crippen LogP contribution in [0.4, 0.5) is 0 Å². The van der Waals surface area contributed by atoms with Gasteiger partial charge in [-0.25, -0.2) is 4.68 Å². The normalized spacial score (nSPS) is 14.8. The van der Waals surface area contributed by atoms with E-state index in [9.17, 15) is 4.79 Å². The molecule has 0 radical (unpaired) electrons. The zero-order valence-corrected chi connectivity index (χ0v) is 6.18. The van der Waals surface area contributed by atoms with Crippen molar-refractivity contribution in [2.24, 2.45) is 0 Å². The van der Waals surface area contributed by atoms with Crippen LogP contribution < -0.4 is 16.3 Å². The highest BCUT2D eigenvalue weighted by atomic mass is 16.7. The van der Waals surface area contributed by atoms with E-state index in [1.165, 1.54) is 22.1 Å². The van der Waals surface area contributed by atoms with Crippen LogP contribution in [0.5, 0.6) is 0 Å². The van der Waals surface area contributed by atoms with Crippen LogP contribution in [-0.4, -0.2) is 4.68 Å². The van der Waals surface area contributed by atoms with Crippen LogP contribution in [0.25, 0.3) is 0 Å². The fraction of sp³-hybridized carbons (Fsp3) is 0. The molecule has 1 N–H and O–H groups in total. The van der Waals surface area contributed by atoms with E-state index in [4.69, 9.17) is 4.84 Å². The molecular formula is C7H7N3O2. The second-order valence-electron chi connectivity index (χ2n) is 2.22. The molecular weight excluding hydrogens is 158 g/mol. The van der Waals surface area contributed by atoms with Gasteiger partial charge in [-0.2, -0.15) is 5.12 Å². The number of pyridine rings is 1. The molecule has 62 valence electrons. The molecule has 0 aliphatic carbocycles. The predicted molar refractivity (Wildman–Crippen MR) is 42.3 cm³/mol. The maximum absolute atomic E-state index is 11.2. The van der Waals surface area contributed by atoms with Crippen LogP contribution in [0.2, 0.25) is 0 Å². The molecule has 5 nitrogen and oxygen atoms in total. The lowest BCUT2D eigenvalue weighted by atomic mass is 10.5. The van der Waals surface area contributed by atoms with Crippen molar-refractivity contribution in [2.45, 2.75) is 0 Å². The van der Waals surface area contributed by atoms with Gasteiger partial charge in [0.05, 0.1) is 6.20 Å². The van der Waals surface area contributed by atoms with Crippen molar-refractivity contribution in [3.05, 3.63) is 47.2 Å². The number of nitrogens with zero attached hydrogens (tertiary/aromatic N) is 2. The highest BCUT2D eigenvalue weighted by Crippen LogP contribution is 1.91. The first-order valence-electron chi connectivity index (χ1n) is 3.43. The van der Waals surface area contributed by atoms with Gasteiger partial charge >= 0.3 is 0 Å². The molecule has 1 aromatic rings. The summed E-state index contributed by atoms with van der Waals surface area (Å²) in [6.45, 7) is 0. The molecule has 5 heteroatoms. The Balaban J connectivity index is 2.39. The van der Waals surface area contributed by atoms with Gasteiger partial charge in [-0.1, -0.05) is 6.07 Å². The average Bonchev–Trinajstić information content (AvgIpc) is 2.57. The molecule has 0 bridgehead atoms. The van der Waals surface area contributed by atoms with Gasteiger partial charge in [-0.05, 0) is 11.7 Å². The first-order chi connectivity index (χ1) is 5.88. The van der Waals surface area contributed by atoms with Crippen LogP contribution in [0.1, 0.15) is 0 Å². The molecule has 2 heterocycles. The van der Waals surface area contributed by atoms with E-state index in [1.807, 2.05) is 0 Å². The second kappa shape index (κ2) is 2.71. The summed E-state index contributed by atoms with van der Waals surface area (Å²) in [7, 11) is 0. The number of aromatic nitrogens is 1. The van der Waals surface area contributed by atoms with Crippen molar-refractivity contribution in [2.75, 3.05) is 5.12 Å². The first kappa shape index (κ1) is 6.93. The van der Waals surface area contributed by atoms with Gasteiger partial charge in [0.1, 0.15) is 6.26 Å². The van der Waals surface area contributed by atoms with E-state index in [2.05, 4.69) is 5.59 Å². The minimum atomic E-state index is -0.125. The van der Waals surface area contributed by atoms with Crippen LogP contribution in [0.15, 0.2) is 41.7 Å². The third-order valence-electron chi connectivity index (χ3n) is 1.45. The Morgan fingerprint density at radius 3 is 3.00 bits per heavy atom. The lowest BCUT2D eigenvalue weighted by molar-refractivity contribution is 0.139. The molecule has 0 atom stereocenters. The van der Waals surface area contributed by atoms with Crippen molar-refractivity contribution in [3.8, 4) is 0 Å². The summed E-state index contributed by atoms with van der Waals surface area (Å²) in [5, 5.41) is 1.43. The van der Waals surface area contributed by atoms with Crippen molar-refractivity contribution >= 4 is 0 Å². The molecule has 1 aromatic heterocycles. The van der Waals surface area contributed by atoms with Gasteiger partial charge in [-0.15, -0.1) is 0 Å². The van der Waals surface area contributed by atoms with Gasteiger partial charge in [0.2, 0.25) is 0 Å². The zero-order valence-electron chi connectivity index (χ0n) is 6.18. The maximum atomic E-state index is 11.2. The van der Waals surface area contributed by atoms with E-state index >= 15 is 0 Å². The Labute approximate surface area is 68.4 Å². The summed E-state index contributed by atoms with van der Waals surface area (Å²) in [5.41, 5.74) is 2.37. The summed E-state index contributed by atoms with van der Waals surface area (Å²) in [4.78, 5) is 15.9. The summed E-state index contributed by atoms with van der Waals surface area (Å²) in [6.07, 6.45) is 4.68. The van der Waals surface area contributed by atoms with Crippen LogP contribution >= 0.6 is 0 Å². The quantitative estimate of drug-likeness (QED) is 0.621. The number of nitrogens with one attached hydrogen (secondary N) is 1.